The van der Waals surface area contributed by atoms with Crippen molar-refractivity contribution in [1.82, 2.24) is 5.32 Å². The molecule has 0 bridgehead atoms. The van der Waals surface area contributed by atoms with Crippen LogP contribution in [-0.2, 0) is 14.3 Å². The maximum absolute atomic E-state index is 12.5. The average molecular weight is 1190 g/mol. The first-order valence-corrected chi connectivity index (χ1v) is 38.1. The zero-order valence-electron chi connectivity index (χ0n) is 57.1. The van der Waals surface area contributed by atoms with Crippen molar-refractivity contribution < 1.29 is 24.5 Å². The summed E-state index contributed by atoms with van der Waals surface area (Å²) >= 11 is 0. The first-order chi connectivity index (χ1) is 42.0. The number of amides is 1. The molecule has 85 heavy (non-hydrogen) atoms. The van der Waals surface area contributed by atoms with Crippen molar-refractivity contribution in [1.29, 1.82) is 0 Å². The molecule has 0 saturated carbocycles. The first kappa shape index (κ1) is 82.6. The summed E-state index contributed by atoms with van der Waals surface area (Å²) in [5.41, 5.74) is 0. The molecule has 0 aromatic carbocycles. The second-order valence-corrected chi connectivity index (χ2v) is 26.0. The fourth-order valence-corrected chi connectivity index (χ4v) is 11.7. The fourth-order valence-electron chi connectivity index (χ4n) is 11.7. The predicted octanol–water partition coefficient (Wildman–Crippen LogP) is 25.0. The molecule has 0 spiro atoms. The lowest BCUT2D eigenvalue weighted by atomic mass is 10.0. The molecule has 6 nitrogen and oxygen atoms in total. The van der Waals surface area contributed by atoms with E-state index in [1.807, 2.05) is 6.08 Å². The Morgan fingerprint density at radius 2 is 0.588 bits per heavy atom. The van der Waals surface area contributed by atoms with Gasteiger partial charge in [-0.15, -0.1) is 0 Å². The van der Waals surface area contributed by atoms with Crippen LogP contribution in [0.5, 0.6) is 0 Å². The number of carbonyl (C=O) groups is 2. The van der Waals surface area contributed by atoms with E-state index in [-0.39, 0.29) is 18.5 Å². The number of hydrogen-bond acceptors (Lipinski definition) is 5. The molecule has 0 saturated heterocycles. The van der Waals surface area contributed by atoms with Gasteiger partial charge < -0.3 is 20.3 Å². The van der Waals surface area contributed by atoms with Crippen molar-refractivity contribution >= 4 is 11.9 Å². The van der Waals surface area contributed by atoms with Crippen LogP contribution in [0, 0.1) is 0 Å². The molecule has 0 heterocycles. The zero-order chi connectivity index (χ0) is 61.3. The van der Waals surface area contributed by atoms with Crippen LogP contribution in [0.4, 0.5) is 0 Å². The summed E-state index contributed by atoms with van der Waals surface area (Å²) in [6, 6.07) is -0.636. The van der Waals surface area contributed by atoms with E-state index in [0.717, 1.165) is 57.8 Å². The summed E-state index contributed by atoms with van der Waals surface area (Å²) in [7, 11) is 0. The van der Waals surface area contributed by atoms with Crippen molar-refractivity contribution in [2.45, 2.75) is 418 Å². The van der Waals surface area contributed by atoms with E-state index in [9.17, 15) is 19.8 Å². The number of allylic oxidation sites excluding steroid dienone is 9. The molecule has 0 aromatic rings. The number of aliphatic hydroxyl groups excluding tert-OH is 2. The van der Waals surface area contributed by atoms with Gasteiger partial charge in [0.05, 0.1) is 25.4 Å². The van der Waals surface area contributed by atoms with E-state index in [1.165, 1.54) is 321 Å². The summed E-state index contributed by atoms with van der Waals surface area (Å²) in [5.74, 6) is -0.0692. The molecule has 0 aliphatic heterocycles. The number of carbonyl (C=O) groups excluding carboxylic acids is 2. The zero-order valence-corrected chi connectivity index (χ0v) is 57.1. The number of ether oxygens (including phenoxy) is 1. The Bertz CT molecular complexity index is 1470. The molecule has 0 rings (SSSR count). The highest BCUT2D eigenvalue weighted by molar-refractivity contribution is 5.76. The molecule has 1 amide bonds. The van der Waals surface area contributed by atoms with Gasteiger partial charge in [0.2, 0.25) is 5.91 Å². The third kappa shape index (κ3) is 70.5. The lowest BCUT2D eigenvalue weighted by molar-refractivity contribution is -0.143. The Balaban J connectivity index is 3.46. The number of aliphatic hydroxyl groups is 2. The van der Waals surface area contributed by atoms with Gasteiger partial charge in [-0.3, -0.25) is 9.59 Å². The molecule has 2 atom stereocenters. The fraction of sp³-hybridized carbons (Fsp3) is 0.848. The summed E-state index contributed by atoms with van der Waals surface area (Å²) in [6.45, 7) is 4.91. The smallest absolute Gasteiger partial charge is 0.305 e. The van der Waals surface area contributed by atoms with Gasteiger partial charge in [0.1, 0.15) is 0 Å². The molecule has 2 unspecified atom stereocenters. The van der Waals surface area contributed by atoms with Gasteiger partial charge in [0.15, 0.2) is 0 Å². The minimum Gasteiger partial charge on any atom is -0.466 e. The standard InChI is InChI=1S/C79H147NO5/c1-3-5-7-9-11-13-15-17-19-21-23-24-25-27-30-33-36-39-43-47-51-55-59-63-67-71-77(82)76(75-81)80-78(83)72-68-64-60-56-52-48-44-40-37-34-31-28-26-29-32-35-38-42-46-50-54-58-62-66-70-74-85-79(84)73-69-65-61-57-53-49-45-41-22-20-18-16-14-12-10-8-6-4-2/h14,16,20,22,28-29,31-32,67,71,76-77,81-82H,3-13,15,17-19,21,23-27,30,33-66,68-70,72-75H2,1-2H3,(H,80,83)/b16-14-,22-20-,31-28-,32-29-,71-67+. The van der Waals surface area contributed by atoms with Crippen LogP contribution < -0.4 is 5.32 Å². The lowest BCUT2D eigenvalue weighted by Crippen LogP contribution is -2.45. The van der Waals surface area contributed by atoms with E-state index in [2.05, 4.69) is 67.8 Å². The minimum atomic E-state index is -0.852. The Morgan fingerprint density at radius 3 is 0.906 bits per heavy atom. The monoisotopic (exact) mass is 1190 g/mol. The SMILES string of the molecule is CCCCCC/C=C\C/C=C\CCCCCCCCCC(=O)OCCCCCCCCCCC/C=C\C/C=C\CCCCCCCCCCCC(=O)NC(CO)C(O)/C=C/CCCCCCCCCCCCCCCCCCCCCCCCC. The summed E-state index contributed by atoms with van der Waals surface area (Å²) in [5, 5.41) is 23.3. The molecule has 0 aliphatic carbocycles. The average Bonchev–Trinajstić information content (AvgIpc) is 3.51. The highest BCUT2D eigenvalue weighted by Gasteiger charge is 2.18. The molecular weight excluding hydrogens is 1040 g/mol. The molecule has 0 aromatic heterocycles. The molecule has 0 radical (unpaired) electrons. The maximum atomic E-state index is 12.5. The number of esters is 1. The van der Waals surface area contributed by atoms with E-state index in [0.29, 0.717) is 19.4 Å². The van der Waals surface area contributed by atoms with Gasteiger partial charge in [-0.1, -0.05) is 357 Å². The van der Waals surface area contributed by atoms with Crippen LogP contribution in [0.2, 0.25) is 0 Å². The van der Waals surface area contributed by atoms with Gasteiger partial charge in [0.25, 0.3) is 0 Å². The quantitative estimate of drug-likeness (QED) is 0.0320. The topological polar surface area (TPSA) is 95.9 Å². The Morgan fingerprint density at radius 1 is 0.329 bits per heavy atom. The van der Waals surface area contributed by atoms with Crippen LogP contribution in [0.1, 0.15) is 406 Å². The van der Waals surface area contributed by atoms with Crippen molar-refractivity contribution in [2.24, 2.45) is 0 Å². The van der Waals surface area contributed by atoms with E-state index in [1.54, 1.807) is 6.08 Å². The van der Waals surface area contributed by atoms with Crippen molar-refractivity contribution in [2.75, 3.05) is 13.2 Å². The number of unbranched alkanes of at least 4 members (excludes halogenated alkanes) is 52. The molecular formula is C79H147NO5. The maximum Gasteiger partial charge on any atom is 0.305 e. The second-order valence-electron chi connectivity index (χ2n) is 26.0. The number of rotatable bonds is 71. The summed E-state index contributed by atoms with van der Waals surface area (Å²) in [6.07, 6.45) is 98.8. The van der Waals surface area contributed by atoms with E-state index in [4.69, 9.17) is 4.74 Å². The van der Waals surface area contributed by atoms with Crippen LogP contribution >= 0.6 is 0 Å². The van der Waals surface area contributed by atoms with Crippen LogP contribution in [-0.4, -0.2) is 47.4 Å². The second kappa shape index (κ2) is 74.0. The van der Waals surface area contributed by atoms with Crippen molar-refractivity contribution in [3.8, 4) is 0 Å². The van der Waals surface area contributed by atoms with Crippen LogP contribution in [0.25, 0.3) is 0 Å². The molecule has 498 valence electrons. The minimum absolute atomic E-state index is 0.00146. The summed E-state index contributed by atoms with van der Waals surface area (Å²) < 4.78 is 5.50. The van der Waals surface area contributed by atoms with Crippen molar-refractivity contribution in [3.63, 3.8) is 0 Å². The van der Waals surface area contributed by atoms with Crippen LogP contribution in [0.3, 0.4) is 0 Å². The Labute approximate surface area is 530 Å². The van der Waals surface area contributed by atoms with Gasteiger partial charge >= 0.3 is 5.97 Å². The normalized spacial score (nSPS) is 12.8. The van der Waals surface area contributed by atoms with Crippen LogP contribution in [0.15, 0.2) is 60.8 Å². The molecule has 6 heteroatoms. The van der Waals surface area contributed by atoms with Gasteiger partial charge in [-0.25, -0.2) is 0 Å². The predicted molar refractivity (Wildman–Crippen MR) is 375 cm³/mol. The highest BCUT2D eigenvalue weighted by atomic mass is 16.5. The molecule has 0 fully saturated rings. The Kier molecular flexibility index (Phi) is 71.9. The largest absolute Gasteiger partial charge is 0.466 e. The number of hydrogen-bond donors (Lipinski definition) is 3. The molecule has 3 N–H and O–H groups in total. The van der Waals surface area contributed by atoms with Gasteiger partial charge in [-0.05, 0) is 96.3 Å². The van der Waals surface area contributed by atoms with E-state index >= 15 is 0 Å². The van der Waals surface area contributed by atoms with Crippen molar-refractivity contribution in [3.05, 3.63) is 60.8 Å². The van der Waals surface area contributed by atoms with Gasteiger partial charge in [0, 0.05) is 12.8 Å². The number of nitrogens with one attached hydrogen (secondary N) is 1. The van der Waals surface area contributed by atoms with E-state index < -0.39 is 12.1 Å². The third-order valence-electron chi connectivity index (χ3n) is 17.5. The highest BCUT2D eigenvalue weighted by Crippen LogP contribution is 2.18. The Hall–Kier alpha value is -2.44. The lowest BCUT2D eigenvalue weighted by Gasteiger charge is -2.20. The molecule has 0 aliphatic rings. The van der Waals surface area contributed by atoms with Gasteiger partial charge in [-0.2, -0.15) is 0 Å². The first-order valence-electron chi connectivity index (χ1n) is 38.1. The third-order valence-corrected chi connectivity index (χ3v) is 17.5. The summed E-state index contributed by atoms with van der Waals surface area (Å²) in [4.78, 5) is 24.7.